The van der Waals surface area contributed by atoms with Crippen LogP contribution in [0.3, 0.4) is 0 Å². The molecule has 0 heterocycles. The summed E-state index contributed by atoms with van der Waals surface area (Å²) in [5.74, 6) is 0.0975. The van der Waals surface area contributed by atoms with Crippen molar-refractivity contribution in [2.75, 3.05) is 13.3 Å². The second-order valence-electron chi connectivity index (χ2n) is 4.62. The van der Waals surface area contributed by atoms with Crippen molar-refractivity contribution in [1.82, 2.24) is 0 Å². The maximum absolute atomic E-state index is 10.7. The normalized spacial score (nSPS) is 32.6. The smallest absolute Gasteiger partial charge is 0.215 e. The van der Waals surface area contributed by atoms with Crippen LogP contribution in [0.25, 0.3) is 0 Å². The van der Waals surface area contributed by atoms with Crippen LogP contribution in [0.1, 0.15) is 26.2 Å². The van der Waals surface area contributed by atoms with Crippen molar-refractivity contribution >= 4 is 18.1 Å². The topological polar surface area (TPSA) is 52.4 Å². The van der Waals surface area contributed by atoms with Crippen LogP contribution in [-0.2, 0) is 16.3 Å². The zero-order chi connectivity index (χ0) is 11.6. The highest BCUT2D eigenvalue weighted by atomic mass is 32.4. The molecule has 0 saturated heterocycles. The van der Waals surface area contributed by atoms with Gasteiger partial charge in [-0.25, -0.2) is 0 Å². The van der Waals surface area contributed by atoms with Gasteiger partial charge in [-0.2, -0.15) is 0 Å². The molecule has 0 spiro atoms. The van der Waals surface area contributed by atoms with Gasteiger partial charge in [-0.15, -0.1) is 0 Å². The molecule has 0 aromatic rings. The molecule has 3 atom stereocenters. The van der Waals surface area contributed by atoms with Crippen LogP contribution in [0.5, 0.6) is 0 Å². The number of hydrogen-bond donors (Lipinski definition) is 0. The minimum absolute atomic E-state index is 0.0975. The average molecular weight is 251 g/mol. The highest BCUT2D eigenvalue weighted by Gasteiger charge is 2.36. The summed E-state index contributed by atoms with van der Waals surface area (Å²) in [5.41, 5.74) is 0. The standard InChI is InChI=1S/C9H18NO3PS/c1-7-6-8(13-14(2,3)15)4-5-9(7)10(11)12/h7-9H,4-6H2,1-3H3. The molecule has 1 aliphatic carbocycles. The van der Waals surface area contributed by atoms with Crippen molar-refractivity contribution in [2.24, 2.45) is 5.92 Å². The molecule has 1 fully saturated rings. The third kappa shape index (κ3) is 4.17. The van der Waals surface area contributed by atoms with E-state index in [1.807, 2.05) is 20.3 Å². The lowest BCUT2D eigenvalue weighted by Crippen LogP contribution is -2.36. The number of nitro groups is 1. The first-order chi connectivity index (χ1) is 6.79. The molecule has 0 aromatic heterocycles. The second-order valence-corrected chi connectivity index (χ2v) is 9.98. The Morgan fingerprint density at radius 2 is 2.07 bits per heavy atom. The van der Waals surface area contributed by atoms with Crippen LogP contribution in [0.15, 0.2) is 0 Å². The molecule has 1 aliphatic rings. The fourth-order valence-electron chi connectivity index (χ4n) is 2.10. The van der Waals surface area contributed by atoms with Gasteiger partial charge in [0.25, 0.3) is 0 Å². The van der Waals surface area contributed by atoms with Crippen LogP contribution in [0.4, 0.5) is 0 Å². The molecule has 15 heavy (non-hydrogen) atoms. The second kappa shape index (κ2) is 4.89. The van der Waals surface area contributed by atoms with Gasteiger partial charge in [0, 0.05) is 17.3 Å². The van der Waals surface area contributed by atoms with Crippen LogP contribution >= 0.6 is 6.26 Å². The Morgan fingerprint density at radius 1 is 1.47 bits per heavy atom. The van der Waals surface area contributed by atoms with E-state index in [1.165, 1.54) is 0 Å². The molecule has 4 nitrogen and oxygen atoms in total. The van der Waals surface area contributed by atoms with Gasteiger partial charge in [0.05, 0.1) is 12.4 Å². The van der Waals surface area contributed by atoms with Crippen LogP contribution in [-0.4, -0.2) is 30.4 Å². The lowest BCUT2D eigenvalue weighted by molar-refractivity contribution is -0.535. The SMILES string of the molecule is CC1CC(OP(C)(C)=S)CCC1[N+](=O)[O-]. The Morgan fingerprint density at radius 3 is 2.47 bits per heavy atom. The largest absolute Gasteiger partial charge is 0.348 e. The quantitative estimate of drug-likeness (QED) is 0.439. The first kappa shape index (κ1) is 13.1. The Kier molecular flexibility index (Phi) is 4.27. The first-order valence-corrected chi connectivity index (χ1v) is 8.78. The van der Waals surface area contributed by atoms with E-state index in [4.69, 9.17) is 16.3 Å². The lowest BCUT2D eigenvalue weighted by atomic mass is 9.84. The maximum Gasteiger partial charge on any atom is 0.215 e. The summed E-state index contributed by atoms with van der Waals surface area (Å²) in [5, 5.41) is 10.7. The molecular weight excluding hydrogens is 233 g/mol. The van der Waals surface area contributed by atoms with Gasteiger partial charge in [-0.1, -0.05) is 18.7 Å². The number of nitrogens with zero attached hydrogens (tertiary/aromatic N) is 1. The summed E-state index contributed by atoms with van der Waals surface area (Å²) in [6.45, 7) is 5.83. The zero-order valence-corrected chi connectivity index (χ0v) is 11.1. The average Bonchev–Trinajstić information content (AvgIpc) is 1.99. The van der Waals surface area contributed by atoms with E-state index in [0.717, 1.165) is 12.8 Å². The molecule has 0 N–H and O–H groups in total. The molecule has 0 aliphatic heterocycles. The lowest BCUT2D eigenvalue weighted by Gasteiger charge is -2.31. The van der Waals surface area contributed by atoms with E-state index in [9.17, 15) is 10.1 Å². The summed E-state index contributed by atoms with van der Waals surface area (Å²) in [6.07, 6.45) is 0.658. The number of hydrogen-bond acceptors (Lipinski definition) is 4. The van der Waals surface area contributed by atoms with Gasteiger partial charge in [0.15, 0.2) is 0 Å². The molecule has 6 heteroatoms. The first-order valence-electron chi connectivity index (χ1n) is 5.16. The molecule has 0 aromatic carbocycles. The number of rotatable bonds is 3. The van der Waals surface area contributed by atoms with Crippen LogP contribution in [0.2, 0.25) is 0 Å². The van der Waals surface area contributed by atoms with Crippen LogP contribution in [0, 0.1) is 16.0 Å². The minimum atomic E-state index is -1.64. The van der Waals surface area contributed by atoms with Gasteiger partial charge < -0.3 is 4.52 Å². The Balaban J connectivity index is 2.51. The summed E-state index contributed by atoms with van der Waals surface area (Å²) in [6, 6.07) is -0.392. The fourth-order valence-corrected chi connectivity index (χ4v) is 3.37. The van der Waals surface area contributed by atoms with E-state index in [2.05, 4.69) is 0 Å². The third-order valence-corrected chi connectivity index (χ3v) is 3.81. The van der Waals surface area contributed by atoms with Crippen molar-refractivity contribution in [3.63, 3.8) is 0 Å². The predicted octanol–water partition coefficient (Wildman–Crippen LogP) is 2.49. The van der Waals surface area contributed by atoms with E-state index >= 15 is 0 Å². The van der Waals surface area contributed by atoms with E-state index in [1.54, 1.807) is 0 Å². The van der Waals surface area contributed by atoms with Gasteiger partial charge >= 0.3 is 0 Å². The Labute approximate surface area is 95.6 Å². The van der Waals surface area contributed by atoms with Gasteiger partial charge in [-0.05, 0) is 26.2 Å². The Bertz CT molecular complexity index is 291. The van der Waals surface area contributed by atoms with E-state index < -0.39 is 12.3 Å². The zero-order valence-electron chi connectivity index (χ0n) is 9.38. The van der Waals surface area contributed by atoms with Crippen molar-refractivity contribution in [1.29, 1.82) is 0 Å². The highest BCUT2D eigenvalue weighted by molar-refractivity contribution is 8.11. The van der Waals surface area contributed by atoms with Gasteiger partial charge in [0.2, 0.25) is 6.04 Å². The maximum atomic E-state index is 10.7. The predicted molar refractivity (Wildman–Crippen MR) is 64.8 cm³/mol. The highest BCUT2D eigenvalue weighted by Crippen LogP contribution is 2.43. The van der Waals surface area contributed by atoms with Crippen molar-refractivity contribution < 1.29 is 9.45 Å². The van der Waals surface area contributed by atoms with Gasteiger partial charge in [0.1, 0.15) is 0 Å². The molecule has 1 saturated carbocycles. The molecule has 1 rings (SSSR count). The van der Waals surface area contributed by atoms with Gasteiger partial charge in [-0.3, -0.25) is 10.1 Å². The molecule has 0 radical (unpaired) electrons. The minimum Gasteiger partial charge on any atom is -0.348 e. The molecule has 3 unspecified atom stereocenters. The monoisotopic (exact) mass is 251 g/mol. The summed E-state index contributed by atoms with van der Waals surface area (Å²) < 4.78 is 5.78. The molecule has 88 valence electrons. The summed E-state index contributed by atoms with van der Waals surface area (Å²) in [7, 11) is 0. The molecule has 0 bridgehead atoms. The van der Waals surface area contributed by atoms with Crippen LogP contribution < -0.4 is 0 Å². The fraction of sp³-hybridized carbons (Fsp3) is 1.00. The summed E-state index contributed by atoms with van der Waals surface area (Å²) in [4.78, 5) is 10.5. The van der Waals surface area contributed by atoms with Crippen molar-refractivity contribution in [3.05, 3.63) is 10.1 Å². The van der Waals surface area contributed by atoms with Crippen molar-refractivity contribution in [2.45, 2.75) is 38.3 Å². The summed E-state index contributed by atoms with van der Waals surface area (Å²) >= 11 is 5.24. The van der Waals surface area contributed by atoms with E-state index in [-0.39, 0.29) is 16.9 Å². The Hall–Kier alpha value is 0.01000. The molecular formula is C9H18NO3PS. The molecule has 0 amide bonds. The van der Waals surface area contributed by atoms with Crippen molar-refractivity contribution in [3.8, 4) is 0 Å². The van der Waals surface area contributed by atoms with E-state index in [0.29, 0.717) is 6.42 Å². The third-order valence-electron chi connectivity index (χ3n) is 2.75.